The Kier molecular flexibility index (Phi) is 4.30. The number of aromatic nitrogens is 1. The monoisotopic (exact) mass is 255 g/mol. The first-order valence-corrected chi connectivity index (χ1v) is 5.59. The van der Waals surface area contributed by atoms with Gasteiger partial charge in [0.2, 0.25) is 0 Å². The van der Waals surface area contributed by atoms with Gasteiger partial charge < -0.3 is 20.3 Å². The third kappa shape index (κ3) is 3.47. The summed E-state index contributed by atoms with van der Waals surface area (Å²) in [6.07, 6.45) is 0.289. The molecule has 1 atom stereocenters. The van der Waals surface area contributed by atoms with Gasteiger partial charge in [-0.3, -0.25) is 0 Å². The van der Waals surface area contributed by atoms with Crippen LogP contribution in [0.3, 0.4) is 0 Å². The zero-order valence-corrected chi connectivity index (χ0v) is 10.6. The topological polar surface area (TPSA) is 104 Å². The van der Waals surface area contributed by atoms with E-state index in [1.54, 1.807) is 19.9 Å². The van der Waals surface area contributed by atoms with Gasteiger partial charge in [-0.1, -0.05) is 12.1 Å². The zero-order chi connectivity index (χ0) is 13.8. The fourth-order valence-electron chi connectivity index (χ4n) is 1.25. The number of aryl methyl sites for hydroxylation is 1. The molecule has 0 saturated heterocycles. The maximum atomic E-state index is 11.6. The highest BCUT2D eigenvalue weighted by atomic mass is 16.5. The molecule has 0 aromatic carbocycles. The quantitative estimate of drug-likeness (QED) is 0.729. The van der Waals surface area contributed by atoms with Crippen molar-refractivity contribution in [3.05, 3.63) is 17.5 Å². The number of nitrogens with one attached hydrogen (secondary N) is 2. The predicted molar refractivity (Wildman–Crippen MR) is 62.9 cm³/mol. The molecule has 7 nitrogen and oxygen atoms in total. The van der Waals surface area contributed by atoms with Gasteiger partial charge in [-0.25, -0.2) is 9.59 Å². The largest absolute Gasteiger partial charge is 0.480 e. The average Bonchev–Trinajstić information content (AvgIpc) is 2.72. The van der Waals surface area contributed by atoms with Gasteiger partial charge in [-0.2, -0.15) is 0 Å². The summed E-state index contributed by atoms with van der Waals surface area (Å²) in [4.78, 5) is 22.5. The molecule has 0 fully saturated rings. The second-order valence-corrected chi connectivity index (χ2v) is 4.23. The minimum atomic E-state index is -1.28. The van der Waals surface area contributed by atoms with E-state index in [0.29, 0.717) is 5.76 Å². The number of rotatable bonds is 5. The first-order chi connectivity index (χ1) is 8.37. The van der Waals surface area contributed by atoms with Crippen molar-refractivity contribution in [3.63, 3.8) is 0 Å². The minimum absolute atomic E-state index is 0.159. The van der Waals surface area contributed by atoms with Crippen LogP contribution in [-0.2, 0) is 11.3 Å². The van der Waals surface area contributed by atoms with Crippen LogP contribution in [0.4, 0.5) is 4.79 Å². The van der Waals surface area contributed by atoms with Gasteiger partial charge in [0.25, 0.3) is 0 Å². The summed E-state index contributed by atoms with van der Waals surface area (Å²) in [6, 6.07) is 1.13. The molecule has 0 aliphatic rings. The predicted octanol–water partition coefficient (Wildman–Crippen LogP) is 1.04. The number of hydrogen-bond acceptors (Lipinski definition) is 4. The van der Waals surface area contributed by atoms with Gasteiger partial charge in [0, 0.05) is 6.07 Å². The Bertz CT molecular complexity index is 443. The van der Waals surface area contributed by atoms with Crippen molar-refractivity contribution in [1.82, 2.24) is 15.8 Å². The first-order valence-electron chi connectivity index (χ1n) is 5.59. The Balaban J connectivity index is 2.49. The van der Waals surface area contributed by atoms with Crippen LogP contribution in [0.25, 0.3) is 0 Å². The van der Waals surface area contributed by atoms with E-state index in [4.69, 9.17) is 9.63 Å². The minimum Gasteiger partial charge on any atom is -0.480 e. The van der Waals surface area contributed by atoms with E-state index in [1.165, 1.54) is 6.92 Å². The number of urea groups is 1. The Morgan fingerprint density at radius 1 is 1.56 bits per heavy atom. The van der Waals surface area contributed by atoms with Crippen molar-refractivity contribution in [2.24, 2.45) is 0 Å². The van der Waals surface area contributed by atoms with E-state index in [0.717, 1.165) is 5.69 Å². The first kappa shape index (κ1) is 14.0. The SMILES string of the molecule is CCC(C)(NC(=O)NCc1cc(C)no1)C(=O)O. The molecule has 18 heavy (non-hydrogen) atoms. The van der Waals surface area contributed by atoms with Gasteiger partial charge in [-0.15, -0.1) is 0 Å². The van der Waals surface area contributed by atoms with Crippen molar-refractivity contribution in [1.29, 1.82) is 0 Å². The molecular weight excluding hydrogens is 238 g/mol. The van der Waals surface area contributed by atoms with Crippen LogP contribution in [0.5, 0.6) is 0 Å². The highest BCUT2D eigenvalue weighted by Gasteiger charge is 2.32. The molecule has 0 aliphatic carbocycles. The molecule has 1 aromatic heterocycles. The molecule has 0 bridgehead atoms. The smallest absolute Gasteiger partial charge is 0.329 e. The summed E-state index contributed by atoms with van der Waals surface area (Å²) < 4.78 is 4.91. The van der Waals surface area contributed by atoms with Gasteiger partial charge >= 0.3 is 12.0 Å². The lowest BCUT2D eigenvalue weighted by Gasteiger charge is -2.24. The molecule has 2 amide bonds. The van der Waals surface area contributed by atoms with Crippen molar-refractivity contribution >= 4 is 12.0 Å². The second-order valence-electron chi connectivity index (χ2n) is 4.23. The number of amides is 2. The van der Waals surface area contributed by atoms with E-state index < -0.39 is 17.5 Å². The van der Waals surface area contributed by atoms with Crippen molar-refractivity contribution < 1.29 is 19.2 Å². The molecule has 7 heteroatoms. The lowest BCUT2D eigenvalue weighted by atomic mass is 10.00. The molecule has 1 heterocycles. The summed E-state index contributed by atoms with van der Waals surface area (Å²) in [6.45, 7) is 5.07. The third-order valence-corrected chi connectivity index (χ3v) is 2.67. The maximum absolute atomic E-state index is 11.6. The molecule has 0 aliphatic heterocycles. The number of aliphatic carboxylic acids is 1. The number of hydrogen-bond donors (Lipinski definition) is 3. The maximum Gasteiger partial charge on any atom is 0.329 e. The number of carboxylic acids is 1. The summed E-state index contributed by atoms with van der Waals surface area (Å²) >= 11 is 0. The molecule has 1 aromatic rings. The number of carboxylic acid groups (broad SMARTS) is 1. The Morgan fingerprint density at radius 3 is 2.67 bits per heavy atom. The lowest BCUT2D eigenvalue weighted by Crippen LogP contribution is -2.54. The van der Waals surface area contributed by atoms with E-state index in [-0.39, 0.29) is 13.0 Å². The average molecular weight is 255 g/mol. The summed E-state index contributed by atoms with van der Waals surface area (Å²) in [5, 5.41) is 17.6. The second kappa shape index (κ2) is 5.52. The molecule has 3 N–H and O–H groups in total. The Labute approximate surface area is 105 Å². The van der Waals surface area contributed by atoms with Crippen LogP contribution in [-0.4, -0.2) is 27.8 Å². The van der Waals surface area contributed by atoms with Crippen LogP contribution >= 0.6 is 0 Å². The lowest BCUT2D eigenvalue weighted by molar-refractivity contribution is -0.143. The highest BCUT2D eigenvalue weighted by Crippen LogP contribution is 2.09. The van der Waals surface area contributed by atoms with Crippen molar-refractivity contribution in [2.45, 2.75) is 39.3 Å². The van der Waals surface area contributed by atoms with E-state index >= 15 is 0 Å². The van der Waals surface area contributed by atoms with Crippen LogP contribution in [0.15, 0.2) is 10.6 Å². The van der Waals surface area contributed by atoms with Crippen LogP contribution in [0, 0.1) is 6.92 Å². The van der Waals surface area contributed by atoms with Crippen molar-refractivity contribution in [3.8, 4) is 0 Å². The Morgan fingerprint density at radius 2 is 2.22 bits per heavy atom. The molecule has 0 saturated carbocycles. The fraction of sp³-hybridized carbons (Fsp3) is 0.545. The molecular formula is C11H17N3O4. The van der Waals surface area contributed by atoms with Crippen LogP contribution in [0.1, 0.15) is 31.7 Å². The van der Waals surface area contributed by atoms with Gasteiger partial charge in [0.15, 0.2) is 5.76 Å². The standard InChI is InChI=1S/C11H17N3O4/c1-4-11(3,9(15)16)13-10(17)12-6-8-5-7(2)14-18-8/h5H,4,6H2,1-3H3,(H,15,16)(H2,12,13,17). The van der Waals surface area contributed by atoms with Gasteiger partial charge in [-0.05, 0) is 20.3 Å². The summed E-state index contributed by atoms with van der Waals surface area (Å²) in [7, 11) is 0. The van der Waals surface area contributed by atoms with Crippen LogP contribution in [0.2, 0.25) is 0 Å². The van der Waals surface area contributed by atoms with Gasteiger partial charge in [0.05, 0.1) is 12.2 Å². The molecule has 0 spiro atoms. The summed E-state index contributed by atoms with van der Waals surface area (Å²) in [5.41, 5.74) is -0.558. The normalized spacial score (nSPS) is 13.7. The van der Waals surface area contributed by atoms with Crippen LogP contribution < -0.4 is 10.6 Å². The van der Waals surface area contributed by atoms with E-state index in [2.05, 4.69) is 15.8 Å². The van der Waals surface area contributed by atoms with Gasteiger partial charge in [0.1, 0.15) is 5.54 Å². The molecule has 100 valence electrons. The molecule has 1 rings (SSSR count). The summed E-state index contributed by atoms with van der Waals surface area (Å²) in [5.74, 6) is -0.563. The Hall–Kier alpha value is -2.05. The molecule has 0 radical (unpaired) electrons. The number of nitrogens with zero attached hydrogens (tertiary/aromatic N) is 1. The fourth-order valence-corrected chi connectivity index (χ4v) is 1.25. The van der Waals surface area contributed by atoms with E-state index in [9.17, 15) is 9.59 Å². The molecule has 1 unspecified atom stereocenters. The zero-order valence-electron chi connectivity index (χ0n) is 10.6. The number of carbonyl (C=O) groups excluding carboxylic acids is 1. The highest BCUT2D eigenvalue weighted by molar-refractivity contribution is 5.85. The third-order valence-electron chi connectivity index (χ3n) is 2.67. The number of carbonyl (C=O) groups is 2. The van der Waals surface area contributed by atoms with E-state index in [1.807, 2.05) is 0 Å². The van der Waals surface area contributed by atoms with Crippen molar-refractivity contribution in [2.75, 3.05) is 0 Å².